The van der Waals surface area contributed by atoms with E-state index in [1.807, 2.05) is 19.1 Å². The van der Waals surface area contributed by atoms with Crippen molar-refractivity contribution in [2.24, 2.45) is 0 Å². The molecule has 0 spiro atoms. The molecular weight excluding hydrogens is 215 g/mol. The molecule has 0 aromatic heterocycles. The molecule has 1 heterocycles. The molecule has 0 saturated carbocycles. The lowest BCUT2D eigenvalue weighted by Crippen LogP contribution is -2.50. The number of benzene rings is 1. The van der Waals surface area contributed by atoms with Crippen LogP contribution in [0.3, 0.4) is 0 Å². The van der Waals surface area contributed by atoms with Crippen LogP contribution in [0.4, 0.5) is 10.1 Å². The Morgan fingerprint density at radius 2 is 2.29 bits per heavy atom. The quantitative estimate of drug-likeness (QED) is 0.868. The monoisotopic (exact) mass is 236 g/mol. The summed E-state index contributed by atoms with van der Waals surface area (Å²) in [6, 6.07) is 5.84. The molecule has 0 aliphatic carbocycles. The fourth-order valence-corrected chi connectivity index (χ4v) is 2.45. The van der Waals surface area contributed by atoms with Gasteiger partial charge in [0.15, 0.2) is 0 Å². The van der Waals surface area contributed by atoms with Gasteiger partial charge in [0, 0.05) is 25.7 Å². The van der Waals surface area contributed by atoms with Crippen LogP contribution in [0.5, 0.6) is 0 Å². The zero-order chi connectivity index (χ0) is 12.3. The summed E-state index contributed by atoms with van der Waals surface area (Å²) >= 11 is 0. The summed E-state index contributed by atoms with van der Waals surface area (Å²) in [5.41, 5.74) is 1.87. The minimum Gasteiger partial charge on any atom is -0.366 e. The fraction of sp³-hybridized carbons (Fsp3) is 0.571. The Bertz CT molecular complexity index is 376. The van der Waals surface area contributed by atoms with Gasteiger partial charge in [-0.05, 0) is 31.0 Å². The van der Waals surface area contributed by atoms with E-state index in [0.717, 1.165) is 37.3 Å². The largest absolute Gasteiger partial charge is 0.366 e. The predicted molar refractivity (Wildman–Crippen MR) is 70.0 cm³/mol. The van der Waals surface area contributed by atoms with Gasteiger partial charge in [-0.25, -0.2) is 4.39 Å². The number of aryl methyl sites for hydroxylation is 1. The number of hydrogen-bond acceptors (Lipinski definition) is 2. The van der Waals surface area contributed by atoms with Crippen molar-refractivity contribution in [2.45, 2.75) is 32.7 Å². The first-order valence-electron chi connectivity index (χ1n) is 6.45. The molecule has 1 atom stereocenters. The van der Waals surface area contributed by atoms with E-state index in [0.29, 0.717) is 6.04 Å². The smallest absolute Gasteiger partial charge is 0.146 e. The van der Waals surface area contributed by atoms with E-state index in [2.05, 4.69) is 17.1 Å². The van der Waals surface area contributed by atoms with Crippen molar-refractivity contribution in [3.05, 3.63) is 29.6 Å². The molecule has 1 aromatic rings. The van der Waals surface area contributed by atoms with Gasteiger partial charge in [-0.2, -0.15) is 0 Å². The number of anilines is 1. The van der Waals surface area contributed by atoms with Crippen molar-refractivity contribution < 1.29 is 4.39 Å². The van der Waals surface area contributed by atoms with Gasteiger partial charge in [-0.1, -0.05) is 19.4 Å². The van der Waals surface area contributed by atoms with Gasteiger partial charge in [0.05, 0.1) is 5.69 Å². The highest BCUT2D eigenvalue weighted by Gasteiger charge is 2.20. The van der Waals surface area contributed by atoms with E-state index < -0.39 is 0 Å². The zero-order valence-electron chi connectivity index (χ0n) is 10.7. The topological polar surface area (TPSA) is 15.3 Å². The Labute approximate surface area is 103 Å². The minimum atomic E-state index is -0.104. The van der Waals surface area contributed by atoms with Crippen LogP contribution in [0.1, 0.15) is 25.3 Å². The SMILES string of the molecule is CCCC1CN(c2cc(C)ccc2F)CCN1. The molecule has 1 N–H and O–H groups in total. The second-order valence-electron chi connectivity index (χ2n) is 4.84. The molecule has 1 aliphatic rings. The van der Waals surface area contributed by atoms with Gasteiger partial charge >= 0.3 is 0 Å². The third kappa shape index (κ3) is 2.97. The Morgan fingerprint density at radius 3 is 3.06 bits per heavy atom. The highest BCUT2D eigenvalue weighted by Crippen LogP contribution is 2.22. The molecule has 2 nitrogen and oxygen atoms in total. The van der Waals surface area contributed by atoms with Crippen LogP contribution >= 0.6 is 0 Å². The van der Waals surface area contributed by atoms with E-state index in [4.69, 9.17) is 0 Å². The van der Waals surface area contributed by atoms with Crippen molar-refractivity contribution in [3.8, 4) is 0 Å². The maximum absolute atomic E-state index is 13.8. The fourth-order valence-electron chi connectivity index (χ4n) is 2.45. The Balaban J connectivity index is 2.13. The van der Waals surface area contributed by atoms with Gasteiger partial charge in [0.1, 0.15) is 5.82 Å². The van der Waals surface area contributed by atoms with Crippen molar-refractivity contribution in [2.75, 3.05) is 24.5 Å². The van der Waals surface area contributed by atoms with Crippen LogP contribution in [0.15, 0.2) is 18.2 Å². The molecule has 2 rings (SSSR count). The third-order valence-corrected chi connectivity index (χ3v) is 3.33. The van der Waals surface area contributed by atoms with Crippen LogP contribution < -0.4 is 10.2 Å². The predicted octanol–water partition coefficient (Wildman–Crippen LogP) is 2.71. The lowest BCUT2D eigenvalue weighted by molar-refractivity contribution is 0.427. The molecule has 0 bridgehead atoms. The summed E-state index contributed by atoms with van der Waals surface area (Å²) in [6.45, 7) is 6.94. The molecule has 17 heavy (non-hydrogen) atoms. The highest BCUT2D eigenvalue weighted by molar-refractivity contribution is 5.50. The third-order valence-electron chi connectivity index (χ3n) is 3.33. The molecule has 0 amide bonds. The molecular formula is C14H21FN2. The van der Waals surface area contributed by atoms with Crippen molar-refractivity contribution in [1.82, 2.24) is 5.32 Å². The summed E-state index contributed by atoms with van der Waals surface area (Å²) in [7, 11) is 0. The van der Waals surface area contributed by atoms with Crippen LogP contribution in [0.2, 0.25) is 0 Å². The molecule has 1 saturated heterocycles. The molecule has 1 unspecified atom stereocenters. The number of halogens is 1. The van der Waals surface area contributed by atoms with Crippen LogP contribution in [0.25, 0.3) is 0 Å². The van der Waals surface area contributed by atoms with Crippen molar-refractivity contribution in [3.63, 3.8) is 0 Å². The van der Waals surface area contributed by atoms with Crippen LogP contribution in [0, 0.1) is 12.7 Å². The van der Waals surface area contributed by atoms with Crippen LogP contribution in [-0.2, 0) is 0 Å². The van der Waals surface area contributed by atoms with Gasteiger partial charge < -0.3 is 10.2 Å². The molecule has 1 aromatic carbocycles. The first-order chi connectivity index (χ1) is 8.20. The Hall–Kier alpha value is -1.09. The number of rotatable bonds is 3. The summed E-state index contributed by atoms with van der Waals surface area (Å²) in [5, 5.41) is 3.49. The van der Waals surface area contributed by atoms with Gasteiger partial charge in [0.2, 0.25) is 0 Å². The van der Waals surface area contributed by atoms with Crippen molar-refractivity contribution >= 4 is 5.69 Å². The number of nitrogens with zero attached hydrogens (tertiary/aromatic N) is 1. The molecule has 94 valence electrons. The van der Waals surface area contributed by atoms with Crippen molar-refractivity contribution in [1.29, 1.82) is 0 Å². The Morgan fingerprint density at radius 1 is 1.47 bits per heavy atom. The molecule has 3 heteroatoms. The Kier molecular flexibility index (Phi) is 4.00. The normalized spacial score (nSPS) is 20.6. The van der Waals surface area contributed by atoms with E-state index in [1.54, 1.807) is 6.07 Å². The molecule has 1 fully saturated rings. The van der Waals surface area contributed by atoms with Gasteiger partial charge in [-0.15, -0.1) is 0 Å². The van der Waals surface area contributed by atoms with Gasteiger partial charge in [-0.3, -0.25) is 0 Å². The maximum Gasteiger partial charge on any atom is 0.146 e. The highest BCUT2D eigenvalue weighted by atomic mass is 19.1. The number of nitrogens with one attached hydrogen (secondary N) is 1. The van der Waals surface area contributed by atoms with E-state index in [1.165, 1.54) is 6.42 Å². The first kappa shape index (κ1) is 12.4. The summed E-state index contributed by atoms with van der Waals surface area (Å²) in [4.78, 5) is 2.17. The van der Waals surface area contributed by atoms with Crippen LogP contribution in [-0.4, -0.2) is 25.7 Å². The number of piperazine rings is 1. The average molecular weight is 236 g/mol. The zero-order valence-corrected chi connectivity index (χ0v) is 10.7. The van der Waals surface area contributed by atoms with Gasteiger partial charge in [0.25, 0.3) is 0 Å². The second-order valence-corrected chi connectivity index (χ2v) is 4.84. The lowest BCUT2D eigenvalue weighted by Gasteiger charge is -2.35. The first-order valence-corrected chi connectivity index (χ1v) is 6.45. The lowest BCUT2D eigenvalue weighted by atomic mass is 10.1. The minimum absolute atomic E-state index is 0.104. The van der Waals surface area contributed by atoms with E-state index in [-0.39, 0.29) is 5.82 Å². The summed E-state index contributed by atoms with van der Waals surface area (Å²) < 4.78 is 13.8. The van der Waals surface area contributed by atoms with E-state index >= 15 is 0 Å². The van der Waals surface area contributed by atoms with E-state index in [9.17, 15) is 4.39 Å². The maximum atomic E-state index is 13.8. The summed E-state index contributed by atoms with van der Waals surface area (Å²) in [5.74, 6) is -0.104. The average Bonchev–Trinajstić information content (AvgIpc) is 2.33. The standard InChI is InChI=1S/C14H21FN2/c1-3-4-12-10-17(8-7-16-12)14-9-11(2)5-6-13(14)15/h5-6,9,12,16H,3-4,7-8,10H2,1-2H3. The molecule has 1 aliphatic heterocycles. The number of hydrogen-bond donors (Lipinski definition) is 1. The summed E-state index contributed by atoms with van der Waals surface area (Å²) in [6.07, 6.45) is 2.33. The molecule has 0 radical (unpaired) electrons. The second kappa shape index (κ2) is 5.50.